The topological polar surface area (TPSA) is 56.8 Å². The van der Waals surface area contributed by atoms with Crippen molar-refractivity contribution in [1.82, 2.24) is 5.32 Å². The van der Waals surface area contributed by atoms with Gasteiger partial charge in [-0.2, -0.15) is 13.2 Å². The van der Waals surface area contributed by atoms with Crippen LogP contribution in [0.5, 0.6) is 17.2 Å². The van der Waals surface area contributed by atoms with Gasteiger partial charge in [-0.3, -0.25) is 4.79 Å². The minimum Gasteiger partial charge on any atom is -0.492 e. The minimum atomic E-state index is -4.39. The molecule has 0 aromatic heterocycles. The van der Waals surface area contributed by atoms with Gasteiger partial charge >= 0.3 is 6.18 Å². The van der Waals surface area contributed by atoms with Crippen molar-refractivity contribution in [3.63, 3.8) is 0 Å². The number of nitrogens with one attached hydrogen (secondary N) is 1. The van der Waals surface area contributed by atoms with Gasteiger partial charge in [-0.15, -0.1) is 0 Å². The summed E-state index contributed by atoms with van der Waals surface area (Å²) in [6.45, 7) is 1.36. The molecule has 29 heavy (non-hydrogen) atoms. The van der Waals surface area contributed by atoms with Crippen LogP contribution in [0.4, 0.5) is 13.2 Å². The molecule has 2 aromatic rings. The molecule has 2 aromatic carbocycles. The number of alkyl halides is 3. The van der Waals surface area contributed by atoms with Crippen LogP contribution < -0.4 is 19.5 Å². The van der Waals surface area contributed by atoms with Crippen LogP contribution in [0.3, 0.4) is 0 Å². The van der Waals surface area contributed by atoms with E-state index in [1.807, 2.05) is 0 Å². The molecule has 1 heterocycles. The number of hydrogen-bond acceptors (Lipinski definition) is 4. The second kappa shape index (κ2) is 9.26. The SMILES string of the molecule is O=C(Cc1cc(Cl)c2c(c1)OCCCO2)NCCOc1ccc(C(F)(F)F)cc1. The lowest BCUT2D eigenvalue weighted by atomic mass is 10.1. The van der Waals surface area contributed by atoms with Gasteiger partial charge in [0.15, 0.2) is 11.5 Å². The van der Waals surface area contributed by atoms with Gasteiger partial charge < -0.3 is 19.5 Å². The highest BCUT2D eigenvalue weighted by Crippen LogP contribution is 2.38. The fourth-order valence-corrected chi connectivity index (χ4v) is 3.02. The number of carbonyl (C=O) groups is 1. The summed E-state index contributed by atoms with van der Waals surface area (Å²) in [7, 11) is 0. The van der Waals surface area contributed by atoms with Gasteiger partial charge in [0.25, 0.3) is 0 Å². The summed E-state index contributed by atoms with van der Waals surface area (Å²) >= 11 is 6.21. The third kappa shape index (κ3) is 5.93. The van der Waals surface area contributed by atoms with E-state index in [4.69, 9.17) is 25.8 Å². The van der Waals surface area contributed by atoms with E-state index in [-0.39, 0.29) is 25.5 Å². The summed E-state index contributed by atoms with van der Waals surface area (Å²) in [5.74, 6) is 1.05. The summed E-state index contributed by atoms with van der Waals surface area (Å²) in [6.07, 6.45) is -3.54. The Balaban J connectivity index is 1.46. The Morgan fingerprint density at radius 2 is 1.86 bits per heavy atom. The second-order valence-electron chi connectivity index (χ2n) is 6.35. The largest absolute Gasteiger partial charge is 0.492 e. The van der Waals surface area contributed by atoms with Crippen molar-refractivity contribution >= 4 is 17.5 Å². The molecule has 0 radical (unpaired) electrons. The van der Waals surface area contributed by atoms with E-state index < -0.39 is 11.7 Å². The van der Waals surface area contributed by atoms with Crippen LogP contribution in [0.2, 0.25) is 5.02 Å². The summed E-state index contributed by atoms with van der Waals surface area (Å²) < 4.78 is 54.1. The van der Waals surface area contributed by atoms with Crippen molar-refractivity contribution in [3.05, 3.63) is 52.5 Å². The fraction of sp³-hybridized carbons (Fsp3) is 0.350. The van der Waals surface area contributed by atoms with E-state index in [1.54, 1.807) is 12.1 Å². The zero-order valence-electron chi connectivity index (χ0n) is 15.4. The van der Waals surface area contributed by atoms with Crippen LogP contribution >= 0.6 is 11.6 Å². The molecule has 0 spiro atoms. The van der Waals surface area contributed by atoms with Crippen LogP contribution in [-0.2, 0) is 17.4 Å². The van der Waals surface area contributed by atoms with Crippen LogP contribution in [0.1, 0.15) is 17.5 Å². The Morgan fingerprint density at radius 1 is 1.14 bits per heavy atom. The zero-order valence-corrected chi connectivity index (χ0v) is 16.1. The number of hydrogen-bond donors (Lipinski definition) is 1. The standard InChI is InChI=1S/C20H19ClF3NO4/c21-16-10-13(11-17-19(16)29-8-1-7-28-17)12-18(26)25-6-9-27-15-4-2-14(3-5-15)20(22,23)24/h2-5,10-11H,1,6-9,12H2,(H,25,26). The lowest BCUT2D eigenvalue weighted by Crippen LogP contribution is -2.29. The number of carbonyl (C=O) groups excluding carboxylic acids is 1. The lowest BCUT2D eigenvalue weighted by molar-refractivity contribution is -0.137. The van der Waals surface area contributed by atoms with E-state index in [0.717, 1.165) is 18.6 Å². The quantitative estimate of drug-likeness (QED) is 0.697. The number of rotatable bonds is 6. The first-order valence-corrected chi connectivity index (χ1v) is 9.35. The van der Waals surface area contributed by atoms with Gasteiger partial charge in [-0.05, 0) is 42.0 Å². The van der Waals surface area contributed by atoms with Gasteiger partial charge in [-0.25, -0.2) is 0 Å². The molecule has 0 saturated carbocycles. The minimum absolute atomic E-state index is 0.0939. The van der Waals surface area contributed by atoms with Crippen molar-refractivity contribution in [1.29, 1.82) is 0 Å². The van der Waals surface area contributed by atoms with Crippen molar-refractivity contribution < 1.29 is 32.2 Å². The first-order chi connectivity index (χ1) is 13.8. The Labute approximate surface area is 170 Å². The fourth-order valence-electron chi connectivity index (χ4n) is 2.73. The van der Waals surface area contributed by atoms with Gasteiger partial charge in [0.2, 0.25) is 5.91 Å². The van der Waals surface area contributed by atoms with E-state index >= 15 is 0 Å². The number of fused-ring (bicyclic) bond motifs is 1. The molecule has 0 fully saturated rings. The smallest absolute Gasteiger partial charge is 0.416 e. The number of amides is 1. The normalized spacial score (nSPS) is 13.5. The second-order valence-corrected chi connectivity index (χ2v) is 6.76. The molecule has 0 aliphatic carbocycles. The van der Waals surface area contributed by atoms with Gasteiger partial charge in [0.1, 0.15) is 12.4 Å². The average Bonchev–Trinajstić information content (AvgIpc) is 2.91. The zero-order chi connectivity index (χ0) is 20.9. The average molecular weight is 430 g/mol. The van der Waals surface area contributed by atoms with Gasteiger partial charge in [0.05, 0.1) is 36.8 Å². The number of benzene rings is 2. The van der Waals surface area contributed by atoms with E-state index in [0.29, 0.717) is 41.0 Å². The van der Waals surface area contributed by atoms with Gasteiger partial charge in [0, 0.05) is 6.42 Å². The molecule has 0 bridgehead atoms. The molecular formula is C20H19ClF3NO4. The Hall–Kier alpha value is -2.61. The first-order valence-electron chi connectivity index (χ1n) is 8.98. The lowest BCUT2D eigenvalue weighted by Gasteiger charge is -2.12. The first kappa shape index (κ1) is 21.1. The molecule has 5 nitrogen and oxygen atoms in total. The highest BCUT2D eigenvalue weighted by atomic mass is 35.5. The maximum Gasteiger partial charge on any atom is 0.416 e. The maximum atomic E-state index is 12.5. The molecule has 0 atom stereocenters. The number of halogens is 4. The highest BCUT2D eigenvalue weighted by Gasteiger charge is 2.30. The van der Waals surface area contributed by atoms with Crippen LogP contribution in [0, 0.1) is 0 Å². The summed E-state index contributed by atoms with van der Waals surface area (Å²) in [5, 5.41) is 3.08. The molecule has 1 N–H and O–H groups in total. The van der Waals surface area contributed by atoms with Crippen molar-refractivity contribution in [3.8, 4) is 17.2 Å². The predicted octanol–water partition coefficient (Wildman–Crippen LogP) is 4.26. The molecule has 1 aliphatic rings. The monoisotopic (exact) mass is 429 g/mol. The van der Waals surface area contributed by atoms with Crippen molar-refractivity contribution in [2.45, 2.75) is 19.0 Å². The predicted molar refractivity (Wildman–Crippen MR) is 101 cm³/mol. The highest BCUT2D eigenvalue weighted by molar-refractivity contribution is 6.32. The molecular weight excluding hydrogens is 411 g/mol. The Kier molecular flexibility index (Phi) is 6.74. The summed E-state index contributed by atoms with van der Waals surface area (Å²) in [4.78, 5) is 12.1. The molecule has 1 amide bonds. The van der Waals surface area contributed by atoms with Crippen molar-refractivity contribution in [2.24, 2.45) is 0 Å². The van der Waals surface area contributed by atoms with Crippen LogP contribution in [-0.4, -0.2) is 32.3 Å². The third-order valence-corrected chi connectivity index (χ3v) is 4.38. The molecule has 0 saturated heterocycles. The van der Waals surface area contributed by atoms with Gasteiger partial charge in [-0.1, -0.05) is 11.6 Å². The van der Waals surface area contributed by atoms with E-state index in [1.165, 1.54) is 12.1 Å². The van der Waals surface area contributed by atoms with E-state index in [2.05, 4.69) is 5.32 Å². The van der Waals surface area contributed by atoms with Crippen molar-refractivity contribution in [2.75, 3.05) is 26.4 Å². The van der Waals surface area contributed by atoms with E-state index in [9.17, 15) is 18.0 Å². The van der Waals surface area contributed by atoms with Crippen LogP contribution in [0.25, 0.3) is 0 Å². The third-order valence-electron chi connectivity index (χ3n) is 4.10. The molecule has 1 aliphatic heterocycles. The summed E-state index contributed by atoms with van der Waals surface area (Å²) in [5.41, 5.74) is -0.0626. The van der Waals surface area contributed by atoms with Crippen LogP contribution in [0.15, 0.2) is 36.4 Å². The Morgan fingerprint density at radius 3 is 2.59 bits per heavy atom. The number of ether oxygens (including phenoxy) is 3. The molecule has 3 rings (SSSR count). The Bertz CT molecular complexity index is 856. The maximum absolute atomic E-state index is 12.5. The molecule has 156 valence electrons. The molecule has 9 heteroatoms. The summed E-state index contributed by atoms with van der Waals surface area (Å²) in [6, 6.07) is 7.76. The molecule has 0 unspecified atom stereocenters.